The molecule has 1 aromatic heterocycles. The van der Waals surface area contributed by atoms with Crippen molar-refractivity contribution in [2.75, 3.05) is 11.9 Å². The summed E-state index contributed by atoms with van der Waals surface area (Å²) < 4.78 is 0. The lowest BCUT2D eigenvalue weighted by atomic mass is 10.1. The molecule has 0 bridgehead atoms. The molecular weight excluding hydrogens is 338 g/mol. The van der Waals surface area contributed by atoms with Gasteiger partial charge in [0, 0.05) is 17.8 Å². The number of amides is 3. The fraction of sp³-hybridized carbons (Fsp3) is 0.278. The average Bonchev–Trinajstić information content (AvgIpc) is 3.14. The van der Waals surface area contributed by atoms with Crippen LogP contribution in [0.4, 0.5) is 5.69 Å². The van der Waals surface area contributed by atoms with E-state index in [-0.39, 0.29) is 17.7 Å². The molecule has 1 heterocycles. The van der Waals surface area contributed by atoms with E-state index in [0.29, 0.717) is 22.7 Å². The van der Waals surface area contributed by atoms with Crippen LogP contribution in [0, 0.1) is 0 Å². The van der Waals surface area contributed by atoms with Crippen molar-refractivity contribution in [3.63, 3.8) is 0 Å². The SMILES string of the molecule is CCCNC(=O)[C@H](C)NC(=O)c1cccc(NC(=O)c2cccs2)c1. The van der Waals surface area contributed by atoms with Crippen molar-refractivity contribution >= 4 is 34.7 Å². The maximum absolute atomic E-state index is 12.3. The summed E-state index contributed by atoms with van der Waals surface area (Å²) in [5.41, 5.74) is 0.897. The zero-order chi connectivity index (χ0) is 18.2. The first-order valence-electron chi connectivity index (χ1n) is 8.04. The molecule has 7 heteroatoms. The molecule has 1 atom stereocenters. The van der Waals surface area contributed by atoms with Crippen LogP contribution < -0.4 is 16.0 Å². The maximum atomic E-state index is 12.3. The average molecular weight is 359 g/mol. The Morgan fingerprint density at radius 1 is 1.12 bits per heavy atom. The number of hydrogen-bond acceptors (Lipinski definition) is 4. The number of thiophene rings is 1. The monoisotopic (exact) mass is 359 g/mol. The predicted molar refractivity (Wildman–Crippen MR) is 98.9 cm³/mol. The third-order valence-corrected chi connectivity index (χ3v) is 4.29. The van der Waals surface area contributed by atoms with Gasteiger partial charge in [0.05, 0.1) is 4.88 Å². The van der Waals surface area contributed by atoms with Crippen LogP contribution in [0.5, 0.6) is 0 Å². The van der Waals surface area contributed by atoms with Crippen molar-refractivity contribution in [3.05, 3.63) is 52.2 Å². The lowest BCUT2D eigenvalue weighted by Gasteiger charge is -2.14. The zero-order valence-corrected chi connectivity index (χ0v) is 15.0. The first-order valence-corrected chi connectivity index (χ1v) is 8.92. The maximum Gasteiger partial charge on any atom is 0.265 e. The van der Waals surface area contributed by atoms with Gasteiger partial charge < -0.3 is 16.0 Å². The van der Waals surface area contributed by atoms with Crippen molar-refractivity contribution < 1.29 is 14.4 Å². The zero-order valence-electron chi connectivity index (χ0n) is 14.2. The molecule has 0 spiro atoms. The molecule has 0 aliphatic carbocycles. The van der Waals surface area contributed by atoms with Gasteiger partial charge in [0.1, 0.15) is 6.04 Å². The van der Waals surface area contributed by atoms with Crippen LogP contribution in [0.2, 0.25) is 0 Å². The van der Waals surface area contributed by atoms with E-state index in [1.807, 2.05) is 12.3 Å². The Labute approximate surface area is 150 Å². The Bertz CT molecular complexity index is 744. The topological polar surface area (TPSA) is 87.3 Å². The summed E-state index contributed by atoms with van der Waals surface area (Å²) in [5, 5.41) is 9.96. The highest BCUT2D eigenvalue weighted by atomic mass is 32.1. The van der Waals surface area contributed by atoms with Crippen LogP contribution in [0.25, 0.3) is 0 Å². The van der Waals surface area contributed by atoms with Crippen LogP contribution in [0.1, 0.15) is 40.3 Å². The molecule has 0 saturated heterocycles. The van der Waals surface area contributed by atoms with Crippen LogP contribution in [0.15, 0.2) is 41.8 Å². The number of nitrogens with one attached hydrogen (secondary N) is 3. The van der Waals surface area contributed by atoms with Gasteiger partial charge in [0.2, 0.25) is 5.91 Å². The first-order chi connectivity index (χ1) is 12.0. The second-order valence-corrected chi connectivity index (χ2v) is 6.45. The minimum Gasteiger partial charge on any atom is -0.354 e. The summed E-state index contributed by atoms with van der Waals surface area (Å²) in [6.45, 7) is 4.16. The quantitative estimate of drug-likeness (QED) is 0.710. The van der Waals surface area contributed by atoms with Gasteiger partial charge in [-0.25, -0.2) is 0 Å². The van der Waals surface area contributed by atoms with Gasteiger partial charge in [0.15, 0.2) is 0 Å². The number of hydrogen-bond donors (Lipinski definition) is 3. The van der Waals surface area contributed by atoms with Crippen molar-refractivity contribution in [2.45, 2.75) is 26.3 Å². The van der Waals surface area contributed by atoms with Gasteiger partial charge >= 0.3 is 0 Å². The fourth-order valence-corrected chi connectivity index (χ4v) is 2.70. The van der Waals surface area contributed by atoms with E-state index in [0.717, 1.165) is 6.42 Å². The minimum absolute atomic E-state index is 0.222. The summed E-state index contributed by atoms with van der Waals surface area (Å²) in [5.74, 6) is -0.816. The molecule has 0 fully saturated rings. The molecule has 25 heavy (non-hydrogen) atoms. The van der Waals surface area contributed by atoms with Crippen molar-refractivity contribution in [1.82, 2.24) is 10.6 Å². The van der Waals surface area contributed by atoms with E-state index >= 15 is 0 Å². The predicted octanol–water partition coefficient (Wildman–Crippen LogP) is 2.64. The second kappa shape index (κ2) is 8.98. The van der Waals surface area contributed by atoms with Crippen LogP contribution in [-0.2, 0) is 4.79 Å². The third kappa shape index (κ3) is 5.42. The smallest absolute Gasteiger partial charge is 0.265 e. The fourth-order valence-electron chi connectivity index (χ4n) is 2.09. The summed E-state index contributed by atoms with van der Waals surface area (Å²) in [6, 6.07) is 9.50. The Kier molecular flexibility index (Phi) is 6.71. The van der Waals surface area contributed by atoms with E-state index in [4.69, 9.17) is 0 Å². The summed E-state index contributed by atoms with van der Waals surface area (Å²) in [6.07, 6.45) is 0.832. The summed E-state index contributed by atoms with van der Waals surface area (Å²) in [7, 11) is 0. The molecule has 1 aromatic carbocycles. The van der Waals surface area contributed by atoms with Gasteiger partial charge in [-0.05, 0) is 43.0 Å². The molecule has 132 valence electrons. The number of anilines is 1. The van der Waals surface area contributed by atoms with Crippen LogP contribution in [-0.4, -0.2) is 30.3 Å². The van der Waals surface area contributed by atoms with E-state index in [9.17, 15) is 14.4 Å². The molecule has 0 saturated carbocycles. The molecule has 0 unspecified atom stereocenters. The second-order valence-electron chi connectivity index (χ2n) is 5.50. The molecule has 6 nitrogen and oxygen atoms in total. The minimum atomic E-state index is -0.636. The van der Waals surface area contributed by atoms with Crippen molar-refractivity contribution in [3.8, 4) is 0 Å². The number of carbonyl (C=O) groups is 3. The number of benzene rings is 1. The molecule has 3 amide bonds. The summed E-state index contributed by atoms with van der Waals surface area (Å²) >= 11 is 1.34. The van der Waals surface area contributed by atoms with Gasteiger partial charge in [-0.15, -0.1) is 11.3 Å². The molecule has 0 aliphatic rings. The highest BCUT2D eigenvalue weighted by Gasteiger charge is 2.16. The van der Waals surface area contributed by atoms with Crippen molar-refractivity contribution in [2.24, 2.45) is 0 Å². The van der Waals surface area contributed by atoms with E-state index in [1.54, 1.807) is 43.3 Å². The Morgan fingerprint density at radius 2 is 1.92 bits per heavy atom. The lowest BCUT2D eigenvalue weighted by molar-refractivity contribution is -0.122. The molecule has 2 rings (SSSR count). The van der Waals surface area contributed by atoms with E-state index in [2.05, 4.69) is 16.0 Å². The molecular formula is C18H21N3O3S. The third-order valence-electron chi connectivity index (χ3n) is 3.42. The van der Waals surface area contributed by atoms with Gasteiger partial charge in [-0.3, -0.25) is 14.4 Å². The molecule has 2 aromatic rings. The Morgan fingerprint density at radius 3 is 2.60 bits per heavy atom. The molecule has 3 N–H and O–H groups in total. The van der Waals surface area contributed by atoms with Gasteiger partial charge in [0.25, 0.3) is 11.8 Å². The first kappa shape index (κ1) is 18.7. The number of rotatable bonds is 7. The normalized spacial score (nSPS) is 11.4. The van der Waals surface area contributed by atoms with Gasteiger partial charge in [-0.2, -0.15) is 0 Å². The van der Waals surface area contributed by atoms with Crippen LogP contribution >= 0.6 is 11.3 Å². The largest absolute Gasteiger partial charge is 0.354 e. The summed E-state index contributed by atoms with van der Waals surface area (Å²) in [4.78, 5) is 36.8. The van der Waals surface area contributed by atoms with Gasteiger partial charge in [-0.1, -0.05) is 19.1 Å². The highest BCUT2D eigenvalue weighted by Crippen LogP contribution is 2.15. The Balaban J connectivity index is 1.99. The lowest BCUT2D eigenvalue weighted by Crippen LogP contribution is -2.45. The molecule has 0 aliphatic heterocycles. The van der Waals surface area contributed by atoms with E-state index < -0.39 is 6.04 Å². The standard InChI is InChI=1S/C18H21N3O3S/c1-3-9-19-16(22)12(2)20-17(23)13-6-4-7-14(11-13)21-18(24)15-8-5-10-25-15/h4-8,10-12H,3,9H2,1-2H3,(H,19,22)(H,20,23)(H,21,24)/t12-/m0/s1. The van der Waals surface area contributed by atoms with E-state index in [1.165, 1.54) is 11.3 Å². The van der Waals surface area contributed by atoms with Crippen LogP contribution in [0.3, 0.4) is 0 Å². The molecule has 0 radical (unpaired) electrons. The highest BCUT2D eigenvalue weighted by molar-refractivity contribution is 7.12. The number of carbonyl (C=O) groups excluding carboxylic acids is 3. The van der Waals surface area contributed by atoms with Crippen molar-refractivity contribution in [1.29, 1.82) is 0 Å². The Hall–Kier alpha value is -2.67.